The van der Waals surface area contributed by atoms with E-state index in [9.17, 15) is 14.4 Å². The van der Waals surface area contributed by atoms with Crippen LogP contribution in [0.3, 0.4) is 0 Å². The third kappa shape index (κ3) is 6.77. The highest BCUT2D eigenvalue weighted by Gasteiger charge is 2.38. The van der Waals surface area contributed by atoms with Crippen LogP contribution in [0.25, 0.3) is 0 Å². The lowest BCUT2D eigenvalue weighted by atomic mass is 10.1. The van der Waals surface area contributed by atoms with Crippen molar-refractivity contribution in [2.75, 3.05) is 13.7 Å². The molecule has 0 heterocycles. The molecule has 148 valence electrons. The molecular weight excluding hydrogens is 350 g/mol. The second-order valence-corrected chi connectivity index (χ2v) is 6.76. The number of nitrogens with zero attached hydrogens (tertiary/aromatic N) is 1. The summed E-state index contributed by atoms with van der Waals surface area (Å²) in [7, 11) is 1.38. The molecule has 0 aliphatic carbocycles. The third-order valence-corrected chi connectivity index (χ3v) is 3.42. The van der Waals surface area contributed by atoms with Crippen LogP contribution < -0.4 is 0 Å². The molecule has 0 aliphatic rings. The Morgan fingerprint density at radius 2 is 1.78 bits per heavy atom. The van der Waals surface area contributed by atoms with Gasteiger partial charge < -0.3 is 14.2 Å². The van der Waals surface area contributed by atoms with E-state index >= 15 is 0 Å². The van der Waals surface area contributed by atoms with Crippen LogP contribution in [0.2, 0.25) is 0 Å². The minimum absolute atomic E-state index is 0.105. The summed E-state index contributed by atoms with van der Waals surface area (Å²) in [5, 5.41) is 0. The Morgan fingerprint density at radius 1 is 1.19 bits per heavy atom. The fourth-order valence-corrected chi connectivity index (χ4v) is 2.20. The summed E-state index contributed by atoms with van der Waals surface area (Å²) in [6.45, 7) is 10.5. The van der Waals surface area contributed by atoms with Crippen molar-refractivity contribution >= 4 is 18.0 Å². The summed E-state index contributed by atoms with van der Waals surface area (Å²) in [4.78, 5) is 38.3. The summed E-state index contributed by atoms with van der Waals surface area (Å²) in [6.07, 6.45) is -0.582. The molecule has 0 spiro atoms. The zero-order valence-corrected chi connectivity index (χ0v) is 16.4. The monoisotopic (exact) mass is 377 g/mol. The van der Waals surface area contributed by atoms with Crippen molar-refractivity contribution in [1.29, 1.82) is 0 Å². The Morgan fingerprint density at radius 3 is 2.26 bits per heavy atom. The molecule has 0 aliphatic heterocycles. The largest absolute Gasteiger partial charge is 0.464 e. The van der Waals surface area contributed by atoms with Crippen molar-refractivity contribution in [3.63, 3.8) is 0 Å². The molecule has 0 aromatic heterocycles. The van der Waals surface area contributed by atoms with E-state index in [1.165, 1.54) is 13.1 Å². The molecule has 7 nitrogen and oxygen atoms in total. The fraction of sp³-hybridized carbons (Fsp3) is 0.450. The standard InChI is InChI=1S/C20H27NO6/c1-7-15(26-17(22)14-12-10-9-11-13-14)16(18(23)25-8-2)21(6)19(24)27-20(3,4)5/h7,9-13,15-16H,1,8H2,2-6H3/t15-,16-/m1/s1. The lowest BCUT2D eigenvalue weighted by Crippen LogP contribution is -2.52. The van der Waals surface area contributed by atoms with Gasteiger partial charge in [0.15, 0.2) is 12.1 Å². The summed E-state index contributed by atoms with van der Waals surface area (Å²) in [6, 6.07) is 7.08. The number of hydrogen-bond donors (Lipinski definition) is 0. The average Bonchev–Trinajstić information content (AvgIpc) is 2.60. The van der Waals surface area contributed by atoms with Crippen molar-refractivity contribution in [2.24, 2.45) is 0 Å². The SMILES string of the molecule is C=C[C@@H](OC(=O)c1ccccc1)[C@H](C(=O)OCC)N(C)C(=O)OC(C)(C)C. The average molecular weight is 377 g/mol. The molecule has 0 bridgehead atoms. The molecule has 0 saturated heterocycles. The summed E-state index contributed by atoms with van der Waals surface area (Å²) >= 11 is 0. The summed E-state index contributed by atoms with van der Waals surface area (Å²) < 4.78 is 15.8. The predicted octanol–water partition coefficient (Wildman–Crippen LogP) is 3.20. The van der Waals surface area contributed by atoms with Gasteiger partial charge in [0.25, 0.3) is 0 Å². The Labute approximate surface area is 159 Å². The molecule has 27 heavy (non-hydrogen) atoms. The van der Waals surface area contributed by atoms with E-state index in [4.69, 9.17) is 14.2 Å². The lowest BCUT2D eigenvalue weighted by molar-refractivity contribution is -0.152. The van der Waals surface area contributed by atoms with Crippen LogP contribution >= 0.6 is 0 Å². The maximum atomic E-state index is 12.5. The number of amides is 1. The Hall–Kier alpha value is -2.83. The van der Waals surface area contributed by atoms with Gasteiger partial charge in [0.2, 0.25) is 0 Å². The first kappa shape index (κ1) is 22.2. The molecule has 0 radical (unpaired) electrons. The van der Waals surface area contributed by atoms with Gasteiger partial charge in [-0.2, -0.15) is 0 Å². The zero-order valence-electron chi connectivity index (χ0n) is 16.4. The van der Waals surface area contributed by atoms with Crippen LogP contribution in [-0.4, -0.2) is 54.3 Å². The second kappa shape index (κ2) is 9.75. The highest BCUT2D eigenvalue weighted by molar-refractivity contribution is 5.90. The molecule has 1 aromatic rings. The number of carbonyl (C=O) groups excluding carboxylic acids is 3. The molecule has 0 fully saturated rings. The molecule has 0 N–H and O–H groups in total. The van der Waals surface area contributed by atoms with Crippen molar-refractivity contribution in [3.05, 3.63) is 48.6 Å². The second-order valence-electron chi connectivity index (χ2n) is 6.76. The van der Waals surface area contributed by atoms with Crippen molar-refractivity contribution < 1.29 is 28.6 Å². The van der Waals surface area contributed by atoms with Gasteiger partial charge in [0, 0.05) is 7.05 Å². The highest BCUT2D eigenvalue weighted by atomic mass is 16.6. The number of esters is 2. The van der Waals surface area contributed by atoms with Gasteiger partial charge in [-0.15, -0.1) is 0 Å². The number of ether oxygens (including phenoxy) is 3. The van der Waals surface area contributed by atoms with E-state index in [-0.39, 0.29) is 6.61 Å². The van der Waals surface area contributed by atoms with Gasteiger partial charge in [-0.1, -0.05) is 24.8 Å². The van der Waals surface area contributed by atoms with Gasteiger partial charge in [-0.3, -0.25) is 4.90 Å². The summed E-state index contributed by atoms with van der Waals surface area (Å²) in [5.74, 6) is -1.37. The molecule has 2 atom stereocenters. The Balaban J connectivity index is 3.08. The minimum atomic E-state index is -1.23. The van der Waals surface area contributed by atoms with Crippen LogP contribution in [0.15, 0.2) is 43.0 Å². The van der Waals surface area contributed by atoms with Gasteiger partial charge in [0.05, 0.1) is 12.2 Å². The number of benzene rings is 1. The van der Waals surface area contributed by atoms with Crippen LogP contribution in [0.1, 0.15) is 38.1 Å². The number of likely N-dealkylation sites (N-methyl/N-ethyl adjacent to an activating group) is 1. The van der Waals surface area contributed by atoms with Gasteiger partial charge in [-0.25, -0.2) is 14.4 Å². The normalized spacial score (nSPS) is 13.1. The van der Waals surface area contributed by atoms with Crippen molar-refractivity contribution in [2.45, 2.75) is 45.4 Å². The smallest absolute Gasteiger partial charge is 0.410 e. The quantitative estimate of drug-likeness (QED) is 0.412. The highest BCUT2D eigenvalue weighted by Crippen LogP contribution is 2.17. The topological polar surface area (TPSA) is 82.1 Å². The first-order valence-electron chi connectivity index (χ1n) is 8.61. The minimum Gasteiger partial charge on any atom is -0.464 e. The van der Waals surface area contributed by atoms with Crippen LogP contribution in [-0.2, 0) is 19.0 Å². The van der Waals surface area contributed by atoms with Crippen molar-refractivity contribution in [1.82, 2.24) is 4.90 Å². The van der Waals surface area contributed by atoms with Gasteiger partial charge >= 0.3 is 18.0 Å². The molecular formula is C20H27NO6. The Bertz CT molecular complexity index is 665. The summed E-state index contributed by atoms with van der Waals surface area (Å²) in [5.41, 5.74) is -0.443. The maximum absolute atomic E-state index is 12.5. The van der Waals surface area contributed by atoms with E-state index in [1.807, 2.05) is 0 Å². The zero-order chi connectivity index (χ0) is 20.6. The molecule has 7 heteroatoms. The van der Waals surface area contributed by atoms with Crippen LogP contribution in [0.4, 0.5) is 4.79 Å². The number of carbonyl (C=O) groups is 3. The number of hydrogen-bond acceptors (Lipinski definition) is 6. The molecule has 1 rings (SSSR count). The van der Waals surface area contributed by atoms with Crippen molar-refractivity contribution in [3.8, 4) is 0 Å². The Kier molecular flexibility index (Phi) is 8.02. The van der Waals surface area contributed by atoms with Crippen LogP contribution in [0, 0.1) is 0 Å². The molecule has 0 unspecified atom stereocenters. The molecule has 1 amide bonds. The first-order chi connectivity index (χ1) is 12.6. The third-order valence-electron chi connectivity index (χ3n) is 3.42. The molecule has 0 saturated carbocycles. The van der Waals surface area contributed by atoms with Gasteiger partial charge in [-0.05, 0) is 45.9 Å². The number of rotatable bonds is 7. The predicted molar refractivity (Wildman–Crippen MR) is 100 cm³/mol. The van der Waals surface area contributed by atoms with Crippen LogP contribution in [0.5, 0.6) is 0 Å². The van der Waals surface area contributed by atoms with Gasteiger partial charge in [0.1, 0.15) is 5.60 Å². The van der Waals surface area contributed by atoms with E-state index in [0.29, 0.717) is 5.56 Å². The fourth-order valence-electron chi connectivity index (χ4n) is 2.20. The van der Waals surface area contributed by atoms with E-state index in [0.717, 1.165) is 4.90 Å². The maximum Gasteiger partial charge on any atom is 0.410 e. The molecule has 1 aromatic carbocycles. The van der Waals surface area contributed by atoms with E-state index in [2.05, 4.69) is 6.58 Å². The lowest BCUT2D eigenvalue weighted by Gasteiger charge is -2.32. The van der Waals surface area contributed by atoms with E-state index in [1.54, 1.807) is 58.0 Å². The first-order valence-corrected chi connectivity index (χ1v) is 8.61. The van der Waals surface area contributed by atoms with E-state index < -0.39 is 35.8 Å².